The van der Waals surface area contributed by atoms with Crippen LogP contribution in [0.4, 0.5) is 0 Å². The van der Waals surface area contributed by atoms with Crippen molar-refractivity contribution < 1.29 is 4.79 Å². The molecule has 2 unspecified atom stereocenters. The van der Waals surface area contributed by atoms with Crippen molar-refractivity contribution in [1.82, 2.24) is 19.8 Å². The molecule has 0 bridgehead atoms. The minimum absolute atomic E-state index is 0.0838. The SMILES string of the molecule is O=C(c1cscn1)N1CC2CN(Cc3ccc[nH]3)C2C1. The largest absolute Gasteiger partial charge is 0.364 e. The maximum absolute atomic E-state index is 12.3. The summed E-state index contributed by atoms with van der Waals surface area (Å²) in [5.74, 6) is 0.716. The van der Waals surface area contributed by atoms with Crippen molar-refractivity contribution in [3.63, 3.8) is 0 Å². The number of nitrogens with zero attached hydrogens (tertiary/aromatic N) is 3. The van der Waals surface area contributed by atoms with Gasteiger partial charge in [0.25, 0.3) is 5.91 Å². The predicted molar refractivity (Wildman–Crippen MR) is 76.5 cm³/mol. The molecule has 0 radical (unpaired) electrons. The number of aromatic amines is 1. The Bertz CT molecular complexity index is 595. The van der Waals surface area contributed by atoms with Crippen LogP contribution in [-0.4, -0.2) is 51.4 Å². The minimum Gasteiger partial charge on any atom is -0.364 e. The second kappa shape index (κ2) is 4.71. The van der Waals surface area contributed by atoms with E-state index in [1.807, 2.05) is 22.5 Å². The van der Waals surface area contributed by atoms with Crippen LogP contribution in [0.2, 0.25) is 0 Å². The summed E-state index contributed by atoms with van der Waals surface area (Å²) in [6, 6.07) is 4.65. The molecule has 4 heterocycles. The summed E-state index contributed by atoms with van der Waals surface area (Å²) in [5.41, 5.74) is 3.55. The highest BCUT2D eigenvalue weighted by Gasteiger charge is 2.46. The molecule has 5 nitrogen and oxygen atoms in total. The zero-order valence-electron chi connectivity index (χ0n) is 11.0. The number of carbonyl (C=O) groups excluding carboxylic acids is 1. The molecule has 0 saturated carbocycles. The third-order valence-corrected chi connectivity index (χ3v) is 4.91. The second-order valence-electron chi connectivity index (χ2n) is 5.54. The molecule has 20 heavy (non-hydrogen) atoms. The van der Waals surface area contributed by atoms with Crippen molar-refractivity contribution in [1.29, 1.82) is 0 Å². The van der Waals surface area contributed by atoms with Crippen molar-refractivity contribution in [3.8, 4) is 0 Å². The highest BCUT2D eigenvalue weighted by Crippen LogP contribution is 2.33. The first kappa shape index (κ1) is 12.1. The zero-order chi connectivity index (χ0) is 13.5. The second-order valence-corrected chi connectivity index (χ2v) is 6.25. The van der Waals surface area contributed by atoms with E-state index in [0.717, 1.165) is 26.2 Å². The topological polar surface area (TPSA) is 52.2 Å². The summed E-state index contributed by atoms with van der Waals surface area (Å²) in [7, 11) is 0. The number of H-pyrrole nitrogens is 1. The molecule has 4 rings (SSSR count). The summed E-state index contributed by atoms with van der Waals surface area (Å²) in [6.45, 7) is 3.75. The lowest BCUT2D eigenvalue weighted by Crippen LogP contribution is -2.54. The number of aromatic nitrogens is 2. The van der Waals surface area contributed by atoms with Gasteiger partial charge in [0.1, 0.15) is 5.69 Å². The van der Waals surface area contributed by atoms with Crippen LogP contribution < -0.4 is 0 Å². The summed E-state index contributed by atoms with van der Waals surface area (Å²) in [5, 5.41) is 1.83. The summed E-state index contributed by atoms with van der Waals surface area (Å²) >= 11 is 1.47. The molecule has 2 fully saturated rings. The first-order valence-electron chi connectivity index (χ1n) is 6.85. The van der Waals surface area contributed by atoms with Crippen LogP contribution in [-0.2, 0) is 6.54 Å². The highest BCUT2D eigenvalue weighted by molar-refractivity contribution is 7.07. The fraction of sp³-hybridized carbons (Fsp3) is 0.429. The van der Waals surface area contributed by atoms with Gasteiger partial charge in [-0.05, 0) is 12.1 Å². The fourth-order valence-electron chi connectivity index (χ4n) is 3.26. The first-order chi connectivity index (χ1) is 9.81. The minimum atomic E-state index is 0.0838. The van der Waals surface area contributed by atoms with E-state index >= 15 is 0 Å². The summed E-state index contributed by atoms with van der Waals surface area (Å²) in [6.07, 6.45) is 1.96. The van der Waals surface area contributed by atoms with Gasteiger partial charge < -0.3 is 9.88 Å². The molecule has 1 amide bonds. The van der Waals surface area contributed by atoms with Crippen molar-refractivity contribution in [2.45, 2.75) is 12.6 Å². The number of fused-ring (bicyclic) bond motifs is 1. The van der Waals surface area contributed by atoms with Crippen LogP contribution in [0.5, 0.6) is 0 Å². The molecule has 1 N–H and O–H groups in total. The third kappa shape index (κ3) is 1.96. The lowest BCUT2D eigenvalue weighted by atomic mass is 9.92. The van der Waals surface area contributed by atoms with E-state index in [4.69, 9.17) is 0 Å². The Morgan fingerprint density at radius 1 is 1.45 bits per heavy atom. The van der Waals surface area contributed by atoms with E-state index in [0.29, 0.717) is 17.7 Å². The van der Waals surface area contributed by atoms with Crippen LogP contribution in [0.1, 0.15) is 16.2 Å². The van der Waals surface area contributed by atoms with Crippen LogP contribution >= 0.6 is 11.3 Å². The Morgan fingerprint density at radius 3 is 3.15 bits per heavy atom. The molecule has 104 valence electrons. The molecular formula is C14H16N4OS. The highest BCUT2D eigenvalue weighted by atomic mass is 32.1. The van der Waals surface area contributed by atoms with Gasteiger partial charge in [0.2, 0.25) is 0 Å². The Hall–Kier alpha value is -1.66. The van der Waals surface area contributed by atoms with E-state index in [2.05, 4.69) is 20.9 Å². The normalized spacial score (nSPS) is 25.5. The molecule has 0 aromatic carbocycles. The molecular weight excluding hydrogens is 272 g/mol. The van der Waals surface area contributed by atoms with E-state index < -0.39 is 0 Å². The van der Waals surface area contributed by atoms with E-state index in [9.17, 15) is 4.79 Å². The average molecular weight is 288 g/mol. The third-order valence-electron chi connectivity index (χ3n) is 4.32. The van der Waals surface area contributed by atoms with Crippen LogP contribution in [0.15, 0.2) is 29.2 Å². The van der Waals surface area contributed by atoms with Gasteiger partial charge in [-0.25, -0.2) is 4.98 Å². The maximum atomic E-state index is 12.3. The van der Waals surface area contributed by atoms with Gasteiger partial charge in [-0.1, -0.05) is 0 Å². The quantitative estimate of drug-likeness (QED) is 0.929. The number of amides is 1. The Labute approximate surface area is 121 Å². The van der Waals surface area contributed by atoms with Crippen molar-refractivity contribution in [3.05, 3.63) is 40.6 Å². The smallest absolute Gasteiger partial charge is 0.273 e. The standard InChI is InChI=1S/C14H16N4OS/c19-14(12-8-20-9-16-12)18-5-10-4-17(13(10)7-18)6-11-2-1-3-15-11/h1-3,8-10,13,15H,4-7H2. The Balaban J connectivity index is 1.40. The lowest BCUT2D eigenvalue weighted by Gasteiger charge is -2.43. The van der Waals surface area contributed by atoms with Crippen LogP contribution in [0.25, 0.3) is 0 Å². The molecule has 2 atom stereocenters. The number of nitrogens with one attached hydrogen (secondary N) is 1. The fourth-order valence-corrected chi connectivity index (χ4v) is 3.78. The molecule has 0 aliphatic carbocycles. The van der Waals surface area contributed by atoms with Gasteiger partial charge >= 0.3 is 0 Å². The molecule has 2 aliphatic heterocycles. The van der Waals surface area contributed by atoms with Crippen molar-refractivity contribution in [2.75, 3.05) is 19.6 Å². The Kier molecular flexibility index (Phi) is 2.85. The average Bonchev–Trinajstić information content (AvgIpc) is 3.16. The van der Waals surface area contributed by atoms with Crippen LogP contribution in [0.3, 0.4) is 0 Å². The van der Waals surface area contributed by atoms with Gasteiger partial charge in [0.15, 0.2) is 0 Å². The van der Waals surface area contributed by atoms with E-state index in [1.165, 1.54) is 17.0 Å². The summed E-state index contributed by atoms with van der Waals surface area (Å²) in [4.78, 5) is 24.1. The molecule has 2 saturated heterocycles. The van der Waals surface area contributed by atoms with Crippen molar-refractivity contribution in [2.24, 2.45) is 5.92 Å². The molecule has 2 aromatic rings. The number of likely N-dealkylation sites (tertiary alicyclic amines) is 2. The van der Waals surface area contributed by atoms with Crippen LogP contribution in [0, 0.1) is 5.92 Å². The molecule has 2 aliphatic rings. The van der Waals surface area contributed by atoms with E-state index in [-0.39, 0.29) is 5.91 Å². The van der Waals surface area contributed by atoms with Gasteiger partial charge in [-0.3, -0.25) is 9.69 Å². The molecule has 0 spiro atoms. The number of hydrogen-bond acceptors (Lipinski definition) is 4. The van der Waals surface area contributed by atoms with Gasteiger partial charge in [0.05, 0.1) is 5.51 Å². The van der Waals surface area contributed by atoms with Gasteiger partial charge in [-0.15, -0.1) is 11.3 Å². The Morgan fingerprint density at radius 2 is 2.40 bits per heavy atom. The van der Waals surface area contributed by atoms with Gasteiger partial charge in [0, 0.05) is 55.4 Å². The maximum Gasteiger partial charge on any atom is 0.273 e. The van der Waals surface area contributed by atoms with E-state index in [1.54, 1.807) is 5.51 Å². The number of carbonyl (C=O) groups is 1. The lowest BCUT2D eigenvalue weighted by molar-refractivity contribution is 0.0423. The number of hydrogen-bond donors (Lipinski definition) is 1. The number of thiazole rings is 1. The first-order valence-corrected chi connectivity index (χ1v) is 7.79. The zero-order valence-corrected chi connectivity index (χ0v) is 11.8. The number of rotatable bonds is 3. The molecule has 2 aromatic heterocycles. The predicted octanol–water partition coefficient (Wildman–Crippen LogP) is 1.43. The molecule has 6 heteroatoms. The summed E-state index contributed by atoms with van der Waals surface area (Å²) < 4.78 is 0. The van der Waals surface area contributed by atoms with Crippen molar-refractivity contribution >= 4 is 17.2 Å². The van der Waals surface area contributed by atoms with Gasteiger partial charge in [-0.2, -0.15) is 0 Å². The monoisotopic (exact) mass is 288 g/mol.